The van der Waals surface area contributed by atoms with Gasteiger partial charge in [-0.05, 0) is 167 Å². The third-order valence-corrected chi connectivity index (χ3v) is 14.5. The lowest BCUT2D eigenvalue weighted by Crippen LogP contribution is -2.13. The number of para-hydroxylation sites is 2. The van der Waals surface area contributed by atoms with Gasteiger partial charge in [-0.1, -0.05) is 180 Å². The molecule has 0 atom stereocenters. The Kier molecular flexibility index (Phi) is 11.5. The highest BCUT2D eigenvalue weighted by atomic mass is 15.2. The van der Waals surface area contributed by atoms with Crippen molar-refractivity contribution in [1.29, 1.82) is 10.5 Å². The van der Waals surface area contributed by atoms with Crippen molar-refractivity contribution in [2.24, 2.45) is 0 Å². The number of hydrogen-bond acceptors (Lipinski definition) is 4. The van der Waals surface area contributed by atoms with Gasteiger partial charge in [-0.15, -0.1) is 0 Å². The number of benzene rings is 12. The summed E-state index contributed by atoms with van der Waals surface area (Å²) in [4.78, 5) is 4.55. The molecule has 0 fully saturated rings. The van der Waals surface area contributed by atoms with Crippen LogP contribution >= 0.6 is 0 Å². The lowest BCUT2D eigenvalue weighted by Gasteiger charge is -2.31. The van der Waals surface area contributed by atoms with E-state index in [4.69, 9.17) is 0 Å². The maximum Gasteiger partial charge on any atom is 0.101 e. The molecule has 0 unspecified atom stereocenters. The van der Waals surface area contributed by atoms with Gasteiger partial charge in [0.2, 0.25) is 0 Å². The molecule has 0 saturated heterocycles. The van der Waals surface area contributed by atoms with Gasteiger partial charge in [0.25, 0.3) is 0 Å². The van der Waals surface area contributed by atoms with Gasteiger partial charge in [0.15, 0.2) is 0 Å². The van der Waals surface area contributed by atoms with Gasteiger partial charge < -0.3 is 9.80 Å². The summed E-state index contributed by atoms with van der Waals surface area (Å²) in [5.74, 6) is 0. The lowest BCUT2D eigenvalue weighted by molar-refractivity contribution is 1.28. The summed E-state index contributed by atoms with van der Waals surface area (Å²) in [5, 5.41) is 28.2. The molecule has 350 valence electrons. The summed E-state index contributed by atoms with van der Waals surface area (Å²) < 4.78 is 0. The molecule has 0 aliphatic carbocycles. The Morgan fingerprint density at radius 3 is 0.892 bits per heavy atom. The van der Waals surface area contributed by atoms with Crippen molar-refractivity contribution >= 4 is 66.4 Å². The zero-order valence-electron chi connectivity index (χ0n) is 41.7. The van der Waals surface area contributed by atoms with E-state index in [1.54, 1.807) is 0 Å². The summed E-state index contributed by atoms with van der Waals surface area (Å²) >= 11 is 0. The molecule has 12 rings (SSSR count). The minimum absolute atomic E-state index is 0.572. The summed E-state index contributed by atoms with van der Waals surface area (Å²) in [7, 11) is 0. The molecule has 0 aromatic heterocycles. The van der Waals surface area contributed by atoms with Crippen molar-refractivity contribution in [3.8, 4) is 56.6 Å². The second-order valence-corrected chi connectivity index (χ2v) is 19.5. The maximum absolute atomic E-state index is 10.8. The minimum Gasteiger partial charge on any atom is -0.308 e. The van der Waals surface area contributed by atoms with Gasteiger partial charge in [-0.25, -0.2) is 0 Å². The molecule has 0 saturated carbocycles. The molecule has 12 aromatic carbocycles. The van der Waals surface area contributed by atoms with Crippen LogP contribution in [0.5, 0.6) is 0 Å². The molecule has 12 aromatic rings. The molecule has 0 N–H and O–H groups in total. The fourth-order valence-electron chi connectivity index (χ4n) is 10.6. The molecule has 0 aliphatic rings. The predicted octanol–water partition coefficient (Wildman–Crippen LogP) is 19.2. The Balaban J connectivity index is 1.12. The first-order chi connectivity index (χ1) is 36.2. The molecule has 0 bridgehead atoms. The number of nitrogens with zero attached hydrogens (tertiary/aromatic N) is 4. The zero-order chi connectivity index (χ0) is 50.5. The van der Waals surface area contributed by atoms with Crippen molar-refractivity contribution in [2.75, 3.05) is 9.80 Å². The van der Waals surface area contributed by atoms with Crippen LogP contribution in [0.15, 0.2) is 231 Å². The number of rotatable bonds is 10. The van der Waals surface area contributed by atoms with E-state index in [0.29, 0.717) is 11.1 Å². The first-order valence-corrected chi connectivity index (χ1v) is 25.1. The molecular formula is C70H50N4. The third-order valence-electron chi connectivity index (χ3n) is 14.5. The molecular weight excluding hydrogens is 897 g/mol. The van der Waals surface area contributed by atoms with Crippen LogP contribution in [-0.2, 0) is 0 Å². The zero-order valence-corrected chi connectivity index (χ0v) is 41.7. The van der Waals surface area contributed by atoms with Gasteiger partial charge in [-0.2, -0.15) is 10.5 Å². The van der Waals surface area contributed by atoms with Crippen molar-refractivity contribution < 1.29 is 0 Å². The highest BCUT2D eigenvalue weighted by Gasteiger charge is 2.25. The standard InChI is InChI=1S/C70H50N4/c1-45-13-21-49(22-14-45)57-37-58(50-23-15-46(2)16-24-50)40-61(39-57)73(65-11-7-5-9-55(65)43-71)67-35-31-53-30-34-64-68(36-32-54-29-33-63(67)69(53)70(54)64)74(66-12-8-6-10-56(66)44-72)62-41-59(51-25-17-47(3)18-26-51)38-60(42-62)52-27-19-48(4)20-28-52/h5-42H,1-4H3. The lowest BCUT2D eigenvalue weighted by atomic mass is 9.91. The van der Waals surface area contributed by atoms with Crippen LogP contribution in [0.3, 0.4) is 0 Å². The number of aryl methyl sites for hydroxylation is 4. The first kappa shape index (κ1) is 45.4. The van der Waals surface area contributed by atoms with E-state index in [9.17, 15) is 10.5 Å². The van der Waals surface area contributed by atoms with Gasteiger partial charge in [0.05, 0.1) is 33.9 Å². The maximum atomic E-state index is 10.8. The summed E-state index contributed by atoms with van der Waals surface area (Å²) in [5.41, 5.74) is 20.1. The Hall–Kier alpha value is -9.74. The normalized spacial score (nSPS) is 11.2. The Morgan fingerprint density at radius 1 is 0.284 bits per heavy atom. The van der Waals surface area contributed by atoms with E-state index in [-0.39, 0.29) is 0 Å². The number of anilines is 6. The topological polar surface area (TPSA) is 54.1 Å². The Morgan fingerprint density at radius 2 is 0.581 bits per heavy atom. The van der Waals surface area contributed by atoms with Crippen LogP contribution in [-0.4, -0.2) is 0 Å². The third kappa shape index (κ3) is 8.25. The summed E-state index contributed by atoms with van der Waals surface area (Å²) in [6.45, 7) is 8.46. The van der Waals surface area contributed by atoms with Gasteiger partial charge >= 0.3 is 0 Å². The van der Waals surface area contributed by atoms with Gasteiger partial charge in [-0.3, -0.25) is 0 Å². The van der Waals surface area contributed by atoms with Crippen LogP contribution in [0.1, 0.15) is 33.4 Å². The second-order valence-electron chi connectivity index (χ2n) is 19.5. The van der Waals surface area contributed by atoms with E-state index in [1.165, 1.54) is 22.3 Å². The van der Waals surface area contributed by atoms with Crippen molar-refractivity contribution in [2.45, 2.75) is 27.7 Å². The average Bonchev–Trinajstić information content (AvgIpc) is 3.44. The van der Waals surface area contributed by atoms with Crippen LogP contribution < -0.4 is 9.80 Å². The predicted molar refractivity (Wildman–Crippen MR) is 310 cm³/mol. The van der Waals surface area contributed by atoms with Gasteiger partial charge in [0.1, 0.15) is 12.1 Å². The highest BCUT2D eigenvalue weighted by Crippen LogP contribution is 2.50. The molecule has 0 spiro atoms. The first-order valence-electron chi connectivity index (χ1n) is 25.1. The largest absolute Gasteiger partial charge is 0.308 e. The molecule has 4 nitrogen and oxygen atoms in total. The van der Waals surface area contributed by atoms with Gasteiger partial charge in [0, 0.05) is 22.1 Å². The summed E-state index contributed by atoms with van der Waals surface area (Å²) in [6, 6.07) is 87.1. The fraction of sp³-hybridized carbons (Fsp3) is 0.0571. The van der Waals surface area contributed by atoms with Crippen LogP contribution in [0.2, 0.25) is 0 Å². The van der Waals surface area contributed by atoms with Crippen LogP contribution in [0.4, 0.5) is 34.1 Å². The van der Waals surface area contributed by atoms with E-state index in [2.05, 4.69) is 244 Å². The molecule has 0 radical (unpaired) electrons. The van der Waals surface area contributed by atoms with E-state index in [0.717, 1.165) is 111 Å². The molecule has 4 heteroatoms. The van der Waals surface area contributed by atoms with Crippen molar-refractivity contribution in [3.63, 3.8) is 0 Å². The SMILES string of the molecule is Cc1ccc(-c2cc(-c3ccc(C)cc3)cc(N(c3ccccc3C#N)c3ccc4ccc5c(N(c6cc(-c7ccc(C)cc7)cc(-c7ccc(C)cc7)c6)c6ccccc6C#N)ccc6ccc3c4c65)c2)cc1. The van der Waals surface area contributed by atoms with E-state index in [1.807, 2.05) is 36.4 Å². The Bertz CT molecular complexity index is 3770. The molecule has 74 heavy (non-hydrogen) atoms. The monoisotopic (exact) mass is 946 g/mol. The second kappa shape index (κ2) is 18.8. The number of nitriles is 2. The molecule has 0 heterocycles. The smallest absolute Gasteiger partial charge is 0.101 e. The van der Waals surface area contributed by atoms with E-state index < -0.39 is 0 Å². The van der Waals surface area contributed by atoms with Crippen LogP contribution in [0, 0.1) is 50.4 Å². The summed E-state index contributed by atoms with van der Waals surface area (Å²) in [6.07, 6.45) is 0. The quantitative estimate of drug-likeness (QED) is 0.128. The van der Waals surface area contributed by atoms with Crippen LogP contribution in [0.25, 0.3) is 76.8 Å². The van der Waals surface area contributed by atoms with Crippen molar-refractivity contribution in [1.82, 2.24) is 0 Å². The fourth-order valence-corrected chi connectivity index (χ4v) is 10.6. The van der Waals surface area contributed by atoms with E-state index >= 15 is 0 Å². The highest BCUT2D eigenvalue weighted by molar-refractivity contribution is 6.28. The number of hydrogen-bond donors (Lipinski definition) is 0. The molecule has 0 aliphatic heterocycles. The minimum atomic E-state index is 0.572. The van der Waals surface area contributed by atoms with Crippen molar-refractivity contribution in [3.05, 3.63) is 264 Å². The molecule has 0 amide bonds. The average molecular weight is 947 g/mol. The Labute approximate surface area is 432 Å².